The first-order chi connectivity index (χ1) is 8.92. The second-order valence-electron chi connectivity index (χ2n) is 6.00. The Kier molecular flexibility index (Phi) is 4.52. The second-order valence-corrected chi connectivity index (χ2v) is 8.21. The molecule has 0 saturated heterocycles. The molecule has 1 atom stereocenters. The summed E-state index contributed by atoms with van der Waals surface area (Å²) in [5, 5.41) is 9.12. The second kappa shape index (κ2) is 5.80. The lowest BCUT2D eigenvalue weighted by molar-refractivity contribution is -0.132. The lowest BCUT2D eigenvalue weighted by Gasteiger charge is -2.25. The summed E-state index contributed by atoms with van der Waals surface area (Å²) in [5.74, 6) is -0.769. The summed E-state index contributed by atoms with van der Waals surface area (Å²) < 4.78 is 12.5. The van der Waals surface area contributed by atoms with E-state index in [1.807, 2.05) is 0 Å². The highest BCUT2D eigenvalue weighted by Gasteiger charge is 2.38. The Morgan fingerprint density at radius 3 is 2.21 bits per heavy atom. The molecule has 2 N–H and O–H groups in total. The van der Waals surface area contributed by atoms with Crippen LogP contribution in [0.3, 0.4) is 0 Å². The van der Waals surface area contributed by atoms with Gasteiger partial charge < -0.3 is 10.00 Å². The van der Waals surface area contributed by atoms with Crippen LogP contribution >= 0.6 is 7.37 Å². The maximum atomic E-state index is 12.5. The standard InChI is InChI=1S/C14H23O4P/c1-10(12-7-8-12)13(14(15)16)19(17,18)9-11-5-3-2-4-6-11/h11-12H,2-9H2,1H3,(H,15,16)(H,17,18). The smallest absolute Gasteiger partial charge is 0.341 e. The van der Waals surface area contributed by atoms with Crippen molar-refractivity contribution in [3.63, 3.8) is 0 Å². The Balaban J connectivity index is 2.17. The number of hydrogen-bond acceptors (Lipinski definition) is 2. The first-order valence-corrected chi connectivity index (χ1v) is 9.02. The molecule has 4 nitrogen and oxygen atoms in total. The van der Waals surface area contributed by atoms with Crippen LogP contribution in [0.5, 0.6) is 0 Å². The number of carboxylic acid groups (broad SMARTS) is 1. The molecule has 2 fully saturated rings. The summed E-state index contributed by atoms with van der Waals surface area (Å²) in [6.45, 7) is 1.71. The molecular weight excluding hydrogens is 263 g/mol. The number of hydrogen-bond donors (Lipinski definition) is 2. The van der Waals surface area contributed by atoms with Crippen LogP contribution in [-0.2, 0) is 9.36 Å². The molecular formula is C14H23O4P. The van der Waals surface area contributed by atoms with Crippen molar-refractivity contribution in [3.8, 4) is 0 Å². The van der Waals surface area contributed by atoms with E-state index in [1.165, 1.54) is 6.42 Å². The average molecular weight is 286 g/mol. The Labute approximate surface area is 114 Å². The predicted octanol–water partition coefficient (Wildman–Crippen LogP) is 3.61. The third kappa shape index (κ3) is 3.70. The van der Waals surface area contributed by atoms with E-state index >= 15 is 0 Å². The van der Waals surface area contributed by atoms with E-state index in [0.29, 0.717) is 5.57 Å². The van der Waals surface area contributed by atoms with Gasteiger partial charge in [-0.2, -0.15) is 0 Å². The number of rotatable bonds is 5. The van der Waals surface area contributed by atoms with Crippen molar-refractivity contribution in [3.05, 3.63) is 10.9 Å². The molecule has 0 aromatic carbocycles. The van der Waals surface area contributed by atoms with Crippen LogP contribution in [0.15, 0.2) is 10.9 Å². The van der Waals surface area contributed by atoms with Crippen LogP contribution in [0, 0.1) is 11.8 Å². The van der Waals surface area contributed by atoms with Gasteiger partial charge in [0.25, 0.3) is 0 Å². The topological polar surface area (TPSA) is 74.6 Å². The number of aliphatic carboxylic acids is 1. The molecule has 108 valence electrons. The lowest BCUT2D eigenvalue weighted by Crippen LogP contribution is -2.15. The molecule has 0 heterocycles. The molecule has 0 aromatic rings. The molecule has 0 aliphatic heterocycles. The zero-order valence-corrected chi connectivity index (χ0v) is 12.4. The highest BCUT2D eigenvalue weighted by molar-refractivity contribution is 7.63. The van der Waals surface area contributed by atoms with Crippen molar-refractivity contribution in [2.45, 2.75) is 51.9 Å². The van der Waals surface area contributed by atoms with Crippen LogP contribution in [0.1, 0.15) is 51.9 Å². The Bertz CT molecular complexity index is 431. The molecule has 2 saturated carbocycles. The highest BCUT2D eigenvalue weighted by atomic mass is 31.2. The molecule has 19 heavy (non-hydrogen) atoms. The van der Waals surface area contributed by atoms with E-state index in [9.17, 15) is 19.4 Å². The third-order valence-electron chi connectivity index (χ3n) is 4.35. The molecule has 0 amide bonds. The van der Waals surface area contributed by atoms with Crippen LogP contribution < -0.4 is 0 Å². The minimum atomic E-state index is -3.72. The Morgan fingerprint density at radius 1 is 1.16 bits per heavy atom. The summed E-state index contributed by atoms with van der Waals surface area (Å²) in [5.41, 5.74) is 0.633. The van der Waals surface area contributed by atoms with Gasteiger partial charge in [-0.05, 0) is 50.0 Å². The van der Waals surface area contributed by atoms with Crippen molar-refractivity contribution in [2.24, 2.45) is 11.8 Å². The van der Waals surface area contributed by atoms with Crippen LogP contribution in [0.2, 0.25) is 0 Å². The van der Waals surface area contributed by atoms with Crippen LogP contribution in [0.4, 0.5) is 0 Å². The van der Waals surface area contributed by atoms with Gasteiger partial charge in [0, 0.05) is 6.16 Å². The zero-order valence-electron chi connectivity index (χ0n) is 11.5. The van der Waals surface area contributed by atoms with Crippen molar-refractivity contribution in [1.82, 2.24) is 0 Å². The maximum absolute atomic E-state index is 12.5. The molecule has 5 heteroatoms. The number of allylic oxidation sites excluding steroid dienone is 1. The summed E-state index contributed by atoms with van der Waals surface area (Å²) in [7, 11) is -3.72. The normalized spacial score (nSPS) is 25.6. The molecule has 2 aliphatic rings. The van der Waals surface area contributed by atoms with Crippen LogP contribution in [-0.4, -0.2) is 22.1 Å². The van der Waals surface area contributed by atoms with Gasteiger partial charge >= 0.3 is 5.97 Å². The predicted molar refractivity (Wildman–Crippen MR) is 74.3 cm³/mol. The van der Waals surface area contributed by atoms with E-state index < -0.39 is 13.3 Å². The molecule has 0 bridgehead atoms. The van der Waals surface area contributed by atoms with Crippen molar-refractivity contribution in [2.75, 3.05) is 6.16 Å². The first-order valence-electron chi connectivity index (χ1n) is 7.18. The monoisotopic (exact) mass is 286 g/mol. The van der Waals surface area contributed by atoms with E-state index in [1.54, 1.807) is 6.92 Å². The first kappa shape index (κ1) is 14.8. The van der Waals surface area contributed by atoms with Gasteiger partial charge in [0.1, 0.15) is 5.31 Å². The fourth-order valence-electron chi connectivity index (χ4n) is 3.11. The van der Waals surface area contributed by atoms with Crippen molar-refractivity contribution < 1.29 is 19.4 Å². The minimum Gasteiger partial charge on any atom is -0.477 e. The Hall–Kier alpha value is -0.600. The summed E-state index contributed by atoms with van der Waals surface area (Å²) in [6, 6.07) is 0. The molecule has 1 unspecified atom stereocenters. The average Bonchev–Trinajstić information content (AvgIpc) is 3.12. The number of carbonyl (C=O) groups is 1. The molecule has 0 radical (unpaired) electrons. The minimum absolute atomic E-state index is 0.151. The van der Waals surface area contributed by atoms with E-state index in [2.05, 4.69) is 0 Å². The third-order valence-corrected chi connectivity index (χ3v) is 6.60. The van der Waals surface area contributed by atoms with E-state index in [4.69, 9.17) is 0 Å². The summed E-state index contributed by atoms with van der Waals surface area (Å²) >= 11 is 0. The fraction of sp³-hybridized carbons (Fsp3) is 0.786. The number of carboxylic acids is 1. The summed E-state index contributed by atoms with van der Waals surface area (Å²) in [6.07, 6.45) is 7.35. The van der Waals surface area contributed by atoms with Crippen molar-refractivity contribution in [1.29, 1.82) is 0 Å². The zero-order chi connectivity index (χ0) is 14.0. The quantitative estimate of drug-likeness (QED) is 0.598. The van der Waals surface area contributed by atoms with Gasteiger partial charge in [-0.1, -0.05) is 19.3 Å². The van der Waals surface area contributed by atoms with Gasteiger partial charge in [-0.15, -0.1) is 0 Å². The van der Waals surface area contributed by atoms with Gasteiger partial charge in [-0.3, -0.25) is 4.57 Å². The van der Waals surface area contributed by atoms with Gasteiger partial charge in [0.15, 0.2) is 0 Å². The van der Waals surface area contributed by atoms with Gasteiger partial charge in [0.05, 0.1) is 0 Å². The lowest BCUT2D eigenvalue weighted by atomic mass is 9.91. The van der Waals surface area contributed by atoms with E-state index in [-0.39, 0.29) is 23.3 Å². The Morgan fingerprint density at radius 2 is 1.74 bits per heavy atom. The van der Waals surface area contributed by atoms with Gasteiger partial charge in [-0.25, -0.2) is 4.79 Å². The van der Waals surface area contributed by atoms with Crippen molar-refractivity contribution >= 4 is 13.3 Å². The molecule has 2 aliphatic carbocycles. The highest BCUT2D eigenvalue weighted by Crippen LogP contribution is 2.56. The summed E-state index contributed by atoms with van der Waals surface area (Å²) in [4.78, 5) is 21.6. The van der Waals surface area contributed by atoms with Gasteiger partial charge in [0.2, 0.25) is 7.37 Å². The molecule has 0 aromatic heterocycles. The molecule has 0 spiro atoms. The van der Waals surface area contributed by atoms with Crippen LogP contribution in [0.25, 0.3) is 0 Å². The molecule has 2 rings (SSSR count). The van der Waals surface area contributed by atoms with E-state index in [0.717, 1.165) is 38.5 Å². The largest absolute Gasteiger partial charge is 0.477 e. The maximum Gasteiger partial charge on any atom is 0.341 e. The SMILES string of the molecule is CC(=C(C(=O)O)P(=O)(O)CC1CCCCC1)C1CC1. The fourth-order valence-corrected chi connectivity index (χ4v) is 5.39.